The monoisotopic (exact) mass is 335 g/mol. The van der Waals surface area contributed by atoms with Crippen molar-refractivity contribution in [3.05, 3.63) is 28.3 Å². The lowest BCUT2D eigenvalue weighted by Crippen LogP contribution is -2.45. The predicted molar refractivity (Wildman–Crippen MR) is 86.4 cm³/mol. The maximum absolute atomic E-state index is 13.8. The van der Waals surface area contributed by atoms with Crippen molar-refractivity contribution in [1.29, 1.82) is 0 Å². The molecule has 1 aromatic carbocycles. The normalized spacial score (nSPS) is 27.1. The first-order chi connectivity index (χ1) is 11.1. The van der Waals surface area contributed by atoms with Gasteiger partial charge < -0.3 is 20.0 Å². The minimum absolute atomic E-state index is 0.0870. The number of H-pyrrole nitrogens is 2. The highest BCUT2D eigenvalue weighted by atomic mass is 32.1. The molecule has 122 valence electrons. The molecule has 2 heterocycles. The number of ether oxygens (including phenoxy) is 1. The highest BCUT2D eigenvalue weighted by Gasteiger charge is 2.38. The molecule has 1 aliphatic heterocycles. The molecule has 1 saturated heterocycles. The minimum atomic E-state index is -0.460. The van der Waals surface area contributed by atoms with E-state index in [4.69, 9.17) is 17.0 Å². The van der Waals surface area contributed by atoms with Crippen molar-refractivity contribution in [1.82, 2.24) is 15.3 Å². The fourth-order valence-electron chi connectivity index (χ4n) is 3.89. The number of aromatic amines is 2. The highest BCUT2D eigenvalue weighted by Crippen LogP contribution is 2.34. The second-order valence-corrected chi connectivity index (χ2v) is 6.74. The zero-order chi connectivity index (χ0) is 16.0. The summed E-state index contributed by atoms with van der Waals surface area (Å²) >= 11 is 5.04. The third kappa shape index (κ3) is 2.68. The summed E-state index contributed by atoms with van der Waals surface area (Å²) in [7, 11) is 0. The van der Waals surface area contributed by atoms with Gasteiger partial charge in [-0.25, -0.2) is 4.39 Å². The van der Waals surface area contributed by atoms with E-state index in [0.29, 0.717) is 21.7 Å². The Kier molecular flexibility index (Phi) is 3.69. The summed E-state index contributed by atoms with van der Waals surface area (Å²) in [5.74, 6) is -0.364. The third-order valence-corrected chi connectivity index (χ3v) is 5.14. The van der Waals surface area contributed by atoms with Crippen molar-refractivity contribution in [3.63, 3.8) is 0 Å². The lowest BCUT2D eigenvalue weighted by Gasteiger charge is -2.33. The van der Waals surface area contributed by atoms with Gasteiger partial charge in [0.1, 0.15) is 5.82 Å². The molecule has 0 unspecified atom stereocenters. The van der Waals surface area contributed by atoms with E-state index >= 15 is 0 Å². The number of nitrogens with one attached hydrogen (secondary N) is 3. The first-order valence-corrected chi connectivity index (χ1v) is 8.36. The number of halogens is 1. The van der Waals surface area contributed by atoms with Crippen LogP contribution in [-0.4, -0.2) is 34.6 Å². The topological polar surface area (TPSA) is 69.9 Å². The van der Waals surface area contributed by atoms with Crippen LogP contribution in [0.15, 0.2) is 12.1 Å². The lowest BCUT2D eigenvalue weighted by molar-refractivity contribution is 0.0510. The number of carbonyl (C=O) groups is 1. The van der Waals surface area contributed by atoms with E-state index in [1.807, 2.05) is 0 Å². The Labute approximate surface area is 137 Å². The number of benzene rings is 1. The SMILES string of the molecule is O=C(N[C@@H]1CCC[C@@H]2OCC[C@H]21)c1cc(F)cc2[nH]c(=S)[nH]c12. The molecule has 3 atom stereocenters. The number of rotatable bonds is 2. The van der Waals surface area contributed by atoms with Crippen LogP contribution >= 0.6 is 12.2 Å². The molecule has 2 fully saturated rings. The fraction of sp³-hybridized carbons (Fsp3) is 0.500. The third-order valence-electron chi connectivity index (χ3n) is 4.93. The van der Waals surface area contributed by atoms with E-state index in [2.05, 4.69) is 15.3 Å². The van der Waals surface area contributed by atoms with Crippen LogP contribution in [-0.2, 0) is 4.74 Å². The Hall–Kier alpha value is -1.73. The van der Waals surface area contributed by atoms with Crippen molar-refractivity contribution in [3.8, 4) is 0 Å². The molecule has 1 saturated carbocycles. The lowest BCUT2D eigenvalue weighted by atomic mass is 9.81. The van der Waals surface area contributed by atoms with E-state index in [-0.39, 0.29) is 23.6 Å². The smallest absolute Gasteiger partial charge is 0.253 e. The van der Waals surface area contributed by atoms with Crippen LogP contribution < -0.4 is 5.32 Å². The van der Waals surface area contributed by atoms with Gasteiger partial charge in [0, 0.05) is 18.6 Å². The first kappa shape index (κ1) is 14.8. The number of hydrogen-bond donors (Lipinski definition) is 3. The summed E-state index contributed by atoms with van der Waals surface area (Å²) in [5.41, 5.74) is 1.34. The Morgan fingerprint density at radius 3 is 3.04 bits per heavy atom. The number of imidazole rings is 1. The van der Waals surface area contributed by atoms with E-state index in [9.17, 15) is 9.18 Å². The zero-order valence-corrected chi connectivity index (χ0v) is 13.3. The number of aromatic nitrogens is 2. The number of amides is 1. The number of hydrogen-bond acceptors (Lipinski definition) is 3. The molecule has 3 N–H and O–H groups in total. The van der Waals surface area contributed by atoms with Crippen LogP contribution in [0.25, 0.3) is 11.0 Å². The molecule has 2 aromatic rings. The second-order valence-electron chi connectivity index (χ2n) is 6.33. The molecule has 0 bridgehead atoms. The van der Waals surface area contributed by atoms with Crippen LogP contribution in [0.1, 0.15) is 36.0 Å². The van der Waals surface area contributed by atoms with Gasteiger partial charge in [0.05, 0.1) is 22.7 Å². The van der Waals surface area contributed by atoms with Gasteiger partial charge in [-0.3, -0.25) is 4.79 Å². The van der Waals surface area contributed by atoms with Gasteiger partial charge in [-0.15, -0.1) is 0 Å². The molecule has 1 amide bonds. The molecule has 5 nitrogen and oxygen atoms in total. The van der Waals surface area contributed by atoms with Crippen LogP contribution in [0.4, 0.5) is 4.39 Å². The summed E-state index contributed by atoms with van der Waals surface area (Å²) in [6.45, 7) is 0.761. The van der Waals surface area contributed by atoms with Gasteiger partial charge in [0.2, 0.25) is 0 Å². The molecule has 1 aromatic heterocycles. The molecule has 2 aliphatic rings. The van der Waals surface area contributed by atoms with Crippen molar-refractivity contribution in [2.24, 2.45) is 5.92 Å². The van der Waals surface area contributed by atoms with Crippen LogP contribution in [0.5, 0.6) is 0 Å². The molecule has 7 heteroatoms. The molecule has 23 heavy (non-hydrogen) atoms. The molecular formula is C16H18FN3O2S. The predicted octanol–water partition coefficient (Wildman–Crippen LogP) is 3.05. The minimum Gasteiger partial charge on any atom is -0.378 e. The molecule has 4 rings (SSSR count). The summed E-state index contributed by atoms with van der Waals surface area (Å²) in [6.07, 6.45) is 4.27. The average molecular weight is 335 g/mol. The second kappa shape index (κ2) is 5.72. The van der Waals surface area contributed by atoms with Crippen LogP contribution in [0.2, 0.25) is 0 Å². The Balaban J connectivity index is 1.63. The van der Waals surface area contributed by atoms with E-state index in [0.717, 1.165) is 32.3 Å². The molecular weight excluding hydrogens is 317 g/mol. The van der Waals surface area contributed by atoms with Gasteiger partial charge in [-0.1, -0.05) is 0 Å². The van der Waals surface area contributed by atoms with Crippen molar-refractivity contribution < 1.29 is 13.9 Å². The highest BCUT2D eigenvalue weighted by molar-refractivity contribution is 7.71. The molecule has 1 aliphatic carbocycles. The van der Waals surface area contributed by atoms with Gasteiger partial charge in [-0.2, -0.15) is 0 Å². The van der Waals surface area contributed by atoms with E-state index < -0.39 is 5.82 Å². The van der Waals surface area contributed by atoms with Crippen LogP contribution in [0, 0.1) is 16.5 Å². The quantitative estimate of drug-likeness (QED) is 0.739. The van der Waals surface area contributed by atoms with Gasteiger partial charge in [-0.05, 0) is 50.0 Å². The molecule has 0 radical (unpaired) electrons. The van der Waals surface area contributed by atoms with Crippen molar-refractivity contribution >= 4 is 29.2 Å². The van der Waals surface area contributed by atoms with Crippen molar-refractivity contribution in [2.75, 3.05) is 6.61 Å². The van der Waals surface area contributed by atoms with Gasteiger partial charge >= 0.3 is 0 Å². The van der Waals surface area contributed by atoms with Gasteiger partial charge in [0.25, 0.3) is 5.91 Å². The van der Waals surface area contributed by atoms with E-state index in [1.165, 1.54) is 12.1 Å². The Morgan fingerprint density at radius 2 is 2.17 bits per heavy atom. The Morgan fingerprint density at radius 1 is 1.30 bits per heavy atom. The maximum atomic E-state index is 13.8. The largest absolute Gasteiger partial charge is 0.378 e. The summed E-state index contributed by atoms with van der Waals surface area (Å²) in [4.78, 5) is 18.5. The summed E-state index contributed by atoms with van der Waals surface area (Å²) in [5, 5.41) is 3.08. The van der Waals surface area contributed by atoms with Crippen molar-refractivity contribution in [2.45, 2.75) is 37.8 Å². The Bertz CT molecular complexity index is 815. The summed E-state index contributed by atoms with van der Waals surface area (Å²) in [6, 6.07) is 2.67. The molecule has 0 spiro atoms. The number of fused-ring (bicyclic) bond motifs is 2. The average Bonchev–Trinajstić information content (AvgIpc) is 3.12. The fourth-order valence-corrected chi connectivity index (χ4v) is 4.10. The summed E-state index contributed by atoms with van der Waals surface area (Å²) < 4.78 is 19.9. The van der Waals surface area contributed by atoms with Gasteiger partial charge in [0.15, 0.2) is 4.77 Å². The standard InChI is InChI=1S/C16H18FN3O2S/c17-8-6-10(14-12(7-8)19-16(23)20-14)15(21)18-11-2-1-3-13-9(11)4-5-22-13/h6-7,9,11,13H,1-5H2,(H,18,21)(H2,19,20,23)/t9-,11+,13-/m0/s1. The van der Waals surface area contributed by atoms with Crippen LogP contribution in [0.3, 0.4) is 0 Å². The first-order valence-electron chi connectivity index (χ1n) is 7.96. The maximum Gasteiger partial charge on any atom is 0.253 e. The number of carbonyl (C=O) groups excluding carboxylic acids is 1. The van der Waals surface area contributed by atoms with E-state index in [1.54, 1.807) is 0 Å². The zero-order valence-electron chi connectivity index (χ0n) is 12.5.